The molecule has 1 amide bonds. The lowest BCUT2D eigenvalue weighted by Crippen LogP contribution is -2.42. The first-order chi connectivity index (χ1) is 16.9. The minimum Gasteiger partial charge on any atom is -0.466 e. The normalized spacial score (nSPS) is 15.7. The van der Waals surface area contributed by atoms with Gasteiger partial charge in [0.05, 0.1) is 24.8 Å². The van der Waals surface area contributed by atoms with E-state index in [1.54, 1.807) is 30.7 Å². The summed E-state index contributed by atoms with van der Waals surface area (Å²) in [5.74, 6) is 1.09. The number of methoxy groups -OCH3 is 1. The molecule has 1 atom stereocenters. The number of hydrogen-bond acceptors (Lipinski definition) is 8. The summed E-state index contributed by atoms with van der Waals surface area (Å²) in [4.78, 5) is 38.3. The first-order valence-corrected chi connectivity index (χ1v) is 13.2. The zero-order valence-electron chi connectivity index (χ0n) is 21.2. The number of amides is 1. The first kappa shape index (κ1) is 26.9. The van der Waals surface area contributed by atoms with E-state index in [0.29, 0.717) is 42.8 Å². The van der Waals surface area contributed by atoms with Crippen molar-refractivity contribution in [3.63, 3.8) is 0 Å². The van der Waals surface area contributed by atoms with Gasteiger partial charge in [0.2, 0.25) is 0 Å². The molecule has 1 fully saturated rings. The summed E-state index contributed by atoms with van der Waals surface area (Å²) in [5.41, 5.74) is 2.57. The van der Waals surface area contributed by atoms with E-state index >= 15 is 0 Å². The van der Waals surface area contributed by atoms with Crippen molar-refractivity contribution in [1.29, 1.82) is 0 Å². The summed E-state index contributed by atoms with van der Waals surface area (Å²) in [6.45, 7) is 6.74. The van der Waals surface area contributed by atoms with E-state index in [1.165, 1.54) is 0 Å². The Kier molecular flexibility index (Phi) is 10.3. The molecule has 9 heteroatoms. The van der Waals surface area contributed by atoms with Crippen LogP contribution in [0, 0.1) is 5.92 Å². The second kappa shape index (κ2) is 13.4. The maximum atomic E-state index is 13.0. The molecule has 1 aliphatic rings. The lowest BCUT2D eigenvalue weighted by molar-refractivity contribution is -0.149. The summed E-state index contributed by atoms with van der Waals surface area (Å²) in [7, 11) is 3.69. The average molecular weight is 501 g/mol. The van der Waals surface area contributed by atoms with Gasteiger partial charge in [0, 0.05) is 51.2 Å². The third-order valence-corrected chi connectivity index (χ3v) is 6.80. The Hall–Kier alpha value is -2.65. The first-order valence-electron chi connectivity index (χ1n) is 12.2. The van der Waals surface area contributed by atoms with Crippen LogP contribution in [0.25, 0.3) is 0 Å². The van der Waals surface area contributed by atoms with Gasteiger partial charge in [-0.3, -0.25) is 9.59 Å². The van der Waals surface area contributed by atoms with Crippen molar-refractivity contribution in [3.8, 4) is 0 Å². The van der Waals surface area contributed by atoms with Crippen molar-refractivity contribution in [2.75, 3.05) is 45.3 Å². The minimum atomic E-state index is -0.238. The number of likely N-dealkylation sites (tertiary alicyclic amines) is 1. The Labute approximate surface area is 212 Å². The lowest BCUT2D eigenvalue weighted by Gasteiger charge is -2.31. The summed E-state index contributed by atoms with van der Waals surface area (Å²) in [5, 5.41) is 0.705. The fraction of sp³-hybridized carbons (Fsp3) is 0.538. The van der Waals surface area contributed by atoms with E-state index in [-0.39, 0.29) is 17.8 Å². The molecule has 190 valence electrons. The van der Waals surface area contributed by atoms with Crippen molar-refractivity contribution >= 4 is 29.5 Å². The highest BCUT2D eigenvalue weighted by molar-refractivity contribution is 7.98. The summed E-state index contributed by atoms with van der Waals surface area (Å²) in [6.07, 6.45) is 2.61. The van der Waals surface area contributed by atoms with Gasteiger partial charge in [0.15, 0.2) is 5.16 Å². The fourth-order valence-electron chi connectivity index (χ4n) is 4.08. The van der Waals surface area contributed by atoms with Crippen LogP contribution in [-0.4, -0.2) is 67.1 Å². The molecule has 1 aromatic heterocycles. The summed E-state index contributed by atoms with van der Waals surface area (Å²) < 4.78 is 10.4. The lowest BCUT2D eigenvalue weighted by atomic mass is 9.97. The van der Waals surface area contributed by atoms with Gasteiger partial charge < -0.3 is 19.3 Å². The van der Waals surface area contributed by atoms with Crippen LogP contribution in [0.15, 0.2) is 35.5 Å². The second-order valence-corrected chi connectivity index (χ2v) is 9.63. The summed E-state index contributed by atoms with van der Waals surface area (Å²) in [6, 6.07) is 9.62. The predicted molar refractivity (Wildman–Crippen MR) is 138 cm³/mol. The van der Waals surface area contributed by atoms with Gasteiger partial charge in [0.1, 0.15) is 5.82 Å². The van der Waals surface area contributed by atoms with Crippen LogP contribution in [0.5, 0.6) is 0 Å². The number of piperidine rings is 1. The Morgan fingerprint density at radius 1 is 1.20 bits per heavy atom. The van der Waals surface area contributed by atoms with Crippen molar-refractivity contribution in [2.45, 2.75) is 50.6 Å². The molecular formula is C26H36N4O4S. The number of nitrogens with zero attached hydrogens (tertiary/aromatic N) is 4. The van der Waals surface area contributed by atoms with Gasteiger partial charge >= 0.3 is 5.97 Å². The standard InChI is InChI=1S/C26H36N4O4S/c1-5-13-29(3)23-15-22(17-33-4)27-26(28-23)35-18-19-9-11-20(12-10-19)24(31)30-14-7-8-21(16-30)25(32)34-6-2/h9-12,15,21H,5-8,13-14,16-18H2,1-4H3/t21-/m0/s1. The molecule has 0 aliphatic carbocycles. The number of carbonyl (C=O) groups excluding carboxylic acids is 2. The molecule has 0 spiro atoms. The van der Waals surface area contributed by atoms with Gasteiger partial charge in [-0.15, -0.1) is 0 Å². The molecule has 1 aliphatic heterocycles. The van der Waals surface area contributed by atoms with Crippen molar-refractivity contribution in [1.82, 2.24) is 14.9 Å². The minimum absolute atomic E-state index is 0.0441. The molecule has 2 heterocycles. The molecule has 1 aromatic carbocycles. The fourth-order valence-corrected chi connectivity index (χ4v) is 4.91. The Morgan fingerprint density at radius 3 is 2.66 bits per heavy atom. The number of thioether (sulfide) groups is 1. The number of aromatic nitrogens is 2. The maximum absolute atomic E-state index is 13.0. The Balaban J connectivity index is 1.62. The number of benzene rings is 1. The largest absolute Gasteiger partial charge is 0.466 e. The van der Waals surface area contributed by atoms with E-state index in [2.05, 4.69) is 16.8 Å². The van der Waals surface area contributed by atoms with Crippen LogP contribution >= 0.6 is 11.8 Å². The Bertz CT molecular complexity index is 986. The van der Waals surface area contributed by atoms with E-state index in [1.807, 2.05) is 37.4 Å². The molecule has 0 bridgehead atoms. The van der Waals surface area contributed by atoms with Crippen LogP contribution in [0.1, 0.15) is 54.7 Å². The molecule has 1 saturated heterocycles. The molecule has 8 nitrogen and oxygen atoms in total. The zero-order chi connectivity index (χ0) is 25.2. The molecule has 0 saturated carbocycles. The molecule has 0 N–H and O–H groups in total. The van der Waals surface area contributed by atoms with Crippen LogP contribution in [-0.2, 0) is 26.6 Å². The number of anilines is 1. The van der Waals surface area contributed by atoms with Gasteiger partial charge in [-0.05, 0) is 43.9 Å². The topological polar surface area (TPSA) is 84.9 Å². The Morgan fingerprint density at radius 2 is 1.97 bits per heavy atom. The third-order valence-electron chi connectivity index (χ3n) is 5.88. The van der Waals surface area contributed by atoms with E-state index in [9.17, 15) is 9.59 Å². The van der Waals surface area contributed by atoms with Crippen LogP contribution < -0.4 is 4.90 Å². The quantitative estimate of drug-likeness (QED) is 0.258. The van der Waals surface area contributed by atoms with E-state index < -0.39 is 0 Å². The molecule has 0 unspecified atom stereocenters. The average Bonchev–Trinajstić information content (AvgIpc) is 2.88. The number of carbonyl (C=O) groups is 2. The monoisotopic (exact) mass is 500 g/mol. The molecule has 35 heavy (non-hydrogen) atoms. The smallest absolute Gasteiger partial charge is 0.310 e. The van der Waals surface area contributed by atoms with Crippen molar-refractivity contribution in [2.24, 2.45) is 5.92 Å². The van der Waals surface area contributed by atoms with Gasteiger partial charge in [0.25, 0.3) is 5.91 Å². The third kappa shape index (κ3) is 7.67. The number of esters is 1. The van der Waals surface area contributed by atoms with Crippen LogP contribution in [0.3, 0.4) is 0 Å². The maximum Gasteiger partial charge on any atom is 0.310 e. The molecular weight excluding hydrogens is 464 g/mol. The highest BCUT2D eigenvalue weighted by Crippen LogP contribution is 2.24. The summed E-state index contributed by atoms with van der Waals surface area (Å²) >= 11 is 1.56. The zero-order valence-corrected chi connectivity index (χ0v) is 22.0. The second-order valence-electron chi connectivity index (χ2n) is 8.68. The van der Waals surface area contributed by atoms with Gasteiger partial charge in [-0.1, -0.05) is 30.8 Å². The van der Waals surface area contributed by atoms with E-state index in [4.69, 9.17) is 14.5 Å². The molecule has 0 radical (unpaired) electrons. The molecule has 3 rings (SSSR count). The van der Waals surface area contributed by atoms with Crippen molar-refractivity contribution < 1.29 is 19.1 Å². The number of hydrogen-bond donors (Lipinski definition) is 0. The highest BCUT2D eigenvalue weighted by atomic mass is 32.2. The van der Waals surface area contributed by atoms with Crippen molar-refractivity contribution in [3.05, 3.63) is 47.2 Å². The van der Waals surface area contributed by atoms with E-state index in [0.717, 1.165) is 42.9 Å². The molecule has 2 aromatic rings. The number of ether oxygens (including phenoxy) is 2. The van der Waals surface area contributed by atoms with Crippen LogP contribution in [0.4, 0.5) is 5.82 Å². The number of rotatable bonds is 11. The van der Waals surface area contributed by atoms with Crippen LogP contribution in [0.2, 0.25) is 0 Å². The van der Waals surface area contributed by atoms with Gasteiger partial charge in [-0.2, -0.15) is 0 Å². The highest BCUT2D eigenvalue weighted by Gasteiger charge is 2.29. The SMILES string of the molecule is CCCN(C)c1cc(COC)nc(SCc2ccc(C(=O)N3CCC[C@H](C(=O)OCC)C3)cc2)n1. The van der Waals surface area contributed by atoms with Gasteiger partial charge in [-0.25, -0.2) is 9.97 Å². The predicted octanol–water partition coefficient (Wildman–Crippen LogP) is 4.18.